The van der Waals surface area contributed by atoms with Gasteiger partial charge in [-0.15, -0.1) is 0 Å². The zero-order valence-corrected chi connectivity index (χ0v) is 14.2. The number of anilines is 1. The highest BCUT2D eigenvalue weighted by molar-refractivity contribution is 6.30. The van der Waals surface area contributed by atoms with Crippen molar-refractivity contribution in [3.63, 3.8) is 0 Å². The second kappa shape index (κ2) is 7.05. The first-order chi connectivity index (χ1) is 11.5. The van der Waals surface area contributed by atoms with Crippen molar-refractivity contribution in [2.75, 3.05) is 11.4 Å². The van der Waals surface area contributed by atoms with Crippen molar-refractivity contribution in [1.82, 2.24) is 5.32 Å². The summed E-state index contributed by atoms with van der Waals surface area (Å²) in [5.41, 5.74) is 2.37. The van der Waals surface area contributed by atoms with Gasteiger partial charge in [-0.05, 0) is 55.3 Å². The molecule has 124 valence electrons. The van der Waals surface area contributed by atoms with E-state index < -0.39 is 0 Å². The summed E-state index contributed by atoms with van der Waals surface area (Å²) >= 11 is 5.99. The summed E-state index contributed by atoms with van der Waals surface area (Å²) in [4.78, 5) is 25.9. The Balaban J connectivity index is 1.68. The maximum atomic E-state index is 12.4. The van der Waals surface area contributed by atoms with E-state index in [2.05, 4.69) is 5.32 Å². The van der Waals surface area contributed by atoms with Crippen molar-refractivity contribution in [3.8, 4) is 0 Å². The van der Waals surface area contributed by atoms with E-state index in [0.29, 0.717) is 17.0 Å². The van der Waals surface area contributed by atoms with Gasteiger partial charge in [0.2, 0.25) is 5.91 Å². The van der Waals surface area contributed by atoms with Crippen LogP contribution in [-0.4, -0.2) is 18.4 Å². The van der Waals surface area contributed by atoms with Gasteiger partial charge in [0.25, 0.3) is 5.91 Å². The summed E-state index contributed by atoms with van der Waals surface area (Å²) < 4.78 is 0. The van der Waals surface area contributed by atoms with Crippen LogP contribution in [0.1, 0.15) is 41.7 Å². The molecule has 1 aliphatic heterocycles. The molecule has 0 bridgehead atoms. The topological polar surface area (TPSA) is 49.4 Å². The summed E-state index contributed by atoms with van der Waals surface area (Å²) in [6, 6.07) is 14.4. The van der Waals surface area contributed by atoms with Crippen molar-refractivity contribution >= 4 is 29.1 Å². The van der Waals surface area contributed by atoms with Crippen LogP contribution in [0.25, 0.3) is 0 Å². The van der Waals surface area contributed by atoms with E-state index in [-0.39, 0.29) is 17.9 Å². The Hall–Kier alpha value is -2.33. The summed E-state index contributed by atoms with van der Waals surface area (Å²) in [6.45, 7) is 2.66. The summed E-state index contributed by atoms with van der Waals surface area (Å²) in [7, 11) is 0. The summed E-state index contributed by atoms with van der Waals surface area (Å²) in [5, 5.41) is 3.61. The number of carbonyl (C=O) groups excluding carboxylic acids is 2. The predicted molar refractivity (Wildman–Crippen MR) is 95.4 cm³/mol. The van der Waals surface area contributed by atoms with Gasteiger partial charge in [0, 0.05) is 29.2 Å². The first kappa shape index (κ1) is 16.5. The van der Waals surface area contributed by atoms with E-state index in [0.717, 1.165) is 24.2 Å². The molecule has 5 heteroatoms. The first-order valence-corrected chi connectivity index (χ1v) is 8.39. The van der Waals surface area contributed by atoms with Gasteiger partial charge < -0.3 is 10.2 Å². The molecule has 2 aromatic rings. The van der Waals surface area contributed by atoms with Gasteiger partial charge in [-0.2, -0.15) is 0 Å². The normalized spacial score (nSPS) is 15.4. The molecular weight excluding hydrogens is 324 g/mol. The Morgan fingerprint density at radius 2 is 1.96 bits per heavy atom. The zero-order chi connectivity index (χ0) is 17.1. The smallest absolute Gasteiger partial charge is 0.251 e. The standard InChI is InChI=1S/C19H19ClN2O2/c1-13(15-4-2-5-16(20)12-15)21-19(24)14-7-9-17(10-8-14)22-11-3-6-18(22)23/h2,4-5,7-10,12-13H,3,6,11H2,1H3,(H,21,24). The van der Waals surface area contributed by atoms with Gasteiger partial charge >= 0.3 is 0 Å². The Kier molecular flexibility index (Phi) is 4.86. The second-order valence-electron chi connectivity index (χ2n) is 5.95. The fraction of sp³-hybridized carbons (Fsp3) is 0.263. The van der Waals surface area contributed by atoms with Gasteiger partial charge in [0.05, 0.1) is 6.04 Å². The van der Waals surface area contributed by atoms with Gasteiger partial charge in [0.15, 0.2) is 0 Å². The van der Waals surface area contributed by atoms with Crippen LogP contribution in [0.15, 0.2) is 48.5 Å². The van der Waals surface area contributed by atoms with E-state index in [9.17, 15) is 9.59 Å². The highest BCUT2D eigenvalue weighted by atomic mass is 35.5. The van der Waals surface area contributed by atoms with Crippen LogP contribution in [0.5, 0.6) is 0 Å². The molecule has 0 aromatic heterocycles. The number of nitrogens with one attached hydrogen (secondary N) is 1. The van der Waals surface area contributed by atoms with Gasteiger partial charge in [0.1, 0.15) is 0 Å². The lowest BCUT2D eigenvalue weighted by Gasteiger charge is -2.17. The molecule has 3 rings (SSSR count). The first-order valence-electron chi connectivity index (χ1n) is 8.01. The third-order valence-corrected chi connectivity index (χ3v) is 4.45. The SMILES string of the molecule is CC(NC(=O)c1ccc(N2CCCC2=O)cc1)c1cccc(Cl)c1. The zero-order valence-electron chi connectivity index (χ0n) is 13.5. The molecule has 1 fully saturated rings. The number of hydrogen-bond donors (Lipinski definition) is 1. The van der Waals surface area contributed by atoms with Gasteiger partial charge in [-0.1, -0.05) is 23.7 Å². The molecule has 1 saturated heterocycles. The molecule has 1 N–H and O–H groups in total. The van der Waals surface area contributed by atoms with E-state index in [1.54, 1.807) is 23.1 Å². The number of hydrogen-bond acceptors (Lipinski definition) is 2. The lowest BCUT2D eigenvalue weighted by Crippen LogP contribution is -2.27. The Morgan fingerprint density at radius 1 is 1.21 bits per heavy atom. The molecule has 0 radical (unpaired) electrons. The minimum atomic E-state index is -0.151. The van der Waals surface area contributed by atoms with Crippen LogP contribution < -0.4 is 10.2 Å². The highest BCUT2D eigenvalue weighted by Crippen LogP contribution is 2.22. The van der Waals surface area contributed by atoms with Crippen LogP contribution in [0.4, 0.5) is 5.69 Å². The lowest BCUT2D eigenvalue weighted by molar-refractivity contribution is -0.117. The fourth-order valence-corrected chi connectivity index (χ4v) is 3.05. The van der Waals surface area contributed by atoms with Crippen molar-refractivity contribution in [2.24, 2.45) is 0 Å². The molecule has 0 aliphatic carbocycles. The number of halogens is 1. The average molecular weight is 343 g/mol. The minimum Gasteiger partial charge on any atom is -0.346 e. The van der Waals surface area contributed by atoms with Crippen LogP contribution in [-0.2, 0) is 4.79 Å². The molecule has 0 saturated carbocycles. The second-order valence-corrected chi connectivity index (χ2v) is 6.38. The van der Waals surface area contributed by atoms with E-state index in [1.807, 2.05) is 37.3 Å². The van der Waals surface area contributed by atoms with Crippen molar-refractivity contribution in [1.29, 1.82) is 0 Å². The van der Waals surface area contributed by atoms with Crippen LogP contribution in [0, 0.1) is 0 Å². The molecule has 4 nitrogen and oxygen atoms in total. The number of nitrogens with zero attached hydrogens (tertiary/aromatic N) is 1. The molecule has 1 heterocycles. The fourth-order valence-electron chi connectivity index (χ4n) is 2.85. The molecule has 1 unspecified atom stereocenters. The monoisotopic (exact) mass is 342 g/mol. The van der Waals surface area contributed by atoms with Crippen LogP contribution in [0.2, 0.25) is 5.02 Å². The number of benzene rings is 2. The predicted octanol–water partition coefficient (Wildman–Crippen LogP) is 3.96. The molecule has 0 spiro atoms. The molecule has 2 amide bonds. The number of rotatable bonds is 4. The van der Waals surface area contributed by atoms with Crippen molar-refractivity contribution < 1.29 is 9.59 Å². The number of amides is 2. The lowest BCUT2D eigenvalue weighted by atomic mass is 10.1. The average Bonchev–Trinajstić information content (AvgIpc) is 3.01. The number of carbonyl (C=O) groups is 2. The molecule has 1 aliphatic rings. The van der Waals surface area contributed by atoms with E-state index in [4.69, 9.17) is 11.6 Å². The summed E-state index contributed by atoms with van der Waals surface area (Å²) in [6.07, 6.45) is 1.48. The molecule has 2 aromatic carbocycles. The van der Waals surface area contributed by atoms with E-state index >= 15 is 0 Å². The molecule has 24 heavy (non-hydrogen) atoms. The highest BCUT2D eigenvalue weighted by Gasteiger charge is 2.21. The molecular formula is C19H19ClN2O2. The summed E-state index contributed by atoms with van der Waals surface area (Å²) in [5.74, 6) is -0.0106. The maximum Gasteiger partial charge on any atom is 0.251 e. The minimum absolute atomic E-state index is 0.141. The largest absolute Gasteiger partial charge is 0.346 e. The van der Waals surface area contributed by atoms with Crippen LogP contribution in [0.3, 0.4) is 0 Å². The quantitative estimate of drug-likeness (QED) is 0.914. The van der Waals surface area contributed by atoms with Gasteiger partial charge in [-0.25, -0.2) is 0 Å². The Labute approximate surface area is 146 Å². The van der Waals surface area contributed by atoms with E-state index in [1.165, 1.54) is 0 Å². The van der Waals surface area contributed by atoms with Crippen molar-refractivity contribution in [3.05, 3.63) is 64.7 Å². The van der Waals surface area contributed by atoms with Gasteiger partial charge in [-0.3, -0.25) is 9.59 Å². The van der Waals surface area contributed by atoms with Crippen molar-refractivity contribution in [2.45, 2.75) is 25.8 Å². The molecule has 1 atom stereocenters. The van der Waals surface area contributed by atoms with Crippen LogP contribution >= 0.6 is 11.6 Å². The third-order valence-electron chi connectivity index (χ3n) is 4.21. The Morgan fingerprint density at radius 3 is 2.58 bits per heavy atom. The maximum absolute atomic E-state index is 12.4. The third kappa shape index (κ3) is 3.60. The Bertz CT molecular complexity index is 758.